The number of rotatable bonds is 5. The molecule has 1 saturated heterocycles. The molecule has 3 aromatic carbocycles. The van der Waals surface area contributed by atoms with E-state index in [4.69, 9.17) is 23.2 Å². The molecule has 0 N–H and O–H groups in total. The number of nitrogens with zero attached hydrogens (tertiary/aromatic N) is 5. The van der Waals surface area contributed by atoms with Crippen LogP contribution >= 0.6 is 23.2 Å². The molecule has 5 aromatic rings. The van der Waals surface area contributed by atoms with Crippen molar-refractivity contribution in [3.8, 4) is 11.3 Å². The van der Waals surface area contributed by atoms with Gasteiger partial charge in [-0.05, 0) is 29.3 Å². The summed E-state index contributed by atoms with van der Waals surface area (Å²) >= 11 is 12.1. The van der Waals surface area contributed by atoms with E-state index in [1.165, 1.54) is 24.3 Å². The van der Waals surface area contributed by atoms with Crippen LogP contribution in [-0.4, -0.2) is 56.5 Å². The fourth-order valence-corrected chi connectivity index (χ4v) is 5.61. The van der Waals surface area contributed by atoms with Gasteiger partial charge in [-0.15, -0.1) is 0 Å². The van der Waals surface area contributed by atoms with Crippen molar-refractivity contribution in [2.75, 3.05) is 26.2 Å². The van der Waals surface area contributed by atoms with Gasteiger partial charge in [0.2, 0.25) is 0 Å². The predicted molar refractivity (Wildman–Crippen MR) is 156 cm³/mol. The summed E-state index contributed by atoms with van der Waals surface area (Å²) < 4.78 is 42.9. The van der Waals surface area contributed by atoms with Gasteiger partial charge in [0.25, 0.3) is 5.91 Å². The summed E-state index contributed by atoms with van der Waals surface area (Å²) in [5.41, 5.74) is 1.44. The number of carbonyl (C=O) groups is 1. The standard InChI is InChI=1S/C31H24Cl2F3N5O/c32-23-12-11-22(17-24(23)33)25-18-27(31(34,35)36)41-28(37-25)19-26(38-41)30(42)40-15-13-39(14-16-40)29(20-7-3-1-4-8-20)21-9-5-2-6-10-21/h1-12,17-19,29H,13-16H2. The first kappa shape index (κ1) is 28.2. The first-order valence-corrected chi connectivity index (χ1v) is 14.0. The minimum atomic E-state index is -4.74. The molecule has 0 aliphatic carbocycles. The van der Waals surface area contributed by atoms with Gasteiger partial charge in [-0.3, -0.25) is 9.69 Å². The number of fused-ring (bicyclic) bond motifs is 1. The van der Waals surface area contributed by atoms with Crippen molar-refractivity contribution in [1.82, 2.24) is 24.4 Å². The number of benzene rings is 3. The third kappa shape index (κ3) is 5.60. The van der Waals surface area contributed by atoms with E-state index in [2.05, 4.69) is 39.2 Å². The maximum absolute atomic E-state index is 14.1. The van der Waals surface area contributed by atoms with Crippen LogP contribution in [0.3, 0.4) is 0 Å². The summed E-state index contributed by atoms with van der Waals surface area (Å²) in [6.45, 7) is 1.97. The van der Waals surface area contributed by atoms with Crippen LogP contribution in [0.2, 0.25) is 10.0 Å². The van der Waals surface area contributed by atoms with Crippen LogP contribution in [0.4, 0.5) is 13.2 Å². The SMILES string of the molecule is O=C(c1cc2nc(-c3ccc(Cl)c(Cl)c3)cc(C(F)(F)F)n2n1)N1CCN(C(c2ccccc2)c2ccccc2)CC1. The Bertz CT molecular complexity index is 1700. The van der Waals surface area contributed by atoms with Gasteiger partial charge < -0.3 is 4.90 Å². The van der Waals surface area contributed by atoms with E-state index >= 15 is 0 Å². The van der Waals surface area contributed by atoms with E-state index in [9.17, 15) is 18.0 Å². The lowest BCUT2D eigenvalue weighted by molar-refractivity contribution is -0.142. The highest BCUT2D eigenvalue weighted by molar-refractivity contribution is 6.42. The molecule has 1 aliphatic heterocycles. The second kappa shape index (κ2) is 11.4. The number of piperazine rings is 1. The van der Waals surface area contributed by atoms with E-state index in [0.717, 1.165) is 17.2 Å². The molecule has 6 rings (SSSR count). The molecule has 42 heavy (non-hydrogen) atoms. The molecular formula is C31H24Cl2F3N5O. The van der Waals surface area contributed by atoms with Gasteiger partial charge in [0.15, 0.2) is 17.0 Å². The van der Waals surface area contributed by atoms with Crippen LogP contribution in [0.5, 0.6) is 0 Å². The average Bonchev–Trinajstić information content (AvgIpc) is 3.43. The molecule has 0 atom stereocenters. The normalized spacial score (nSPS) is 14.6. The number of hydrogen-bond donors (Lipinski definition) is 0. The zero-order valence-electron chi connectivity index (χ0n) is 22.1. The van der Waals surface area contributed by atoms with Gasteiger partial charge in [-0.1, -0.05) is 89.9 Å². The van der Waals surface area contributed by atoms with Crippen molar-refractivity contribution < 1.29 is 18.0 Å². The van der Waals surface area contributed by atoms with Gasteiger partial charge in [0.05, 0.1) is 21.8 Å². The Morgan fingerprint density at radius 2 is 1.40 bits per heavy atom. The minimum absolute atomic E-state index is 0.0122. The molecule has 1 amide bonds. The fraction of sp³-hybridized carbons (Fsp3) is 0.194. The molecule has 0 spiro atoms. The Morgan fingerprint density at radius 1 is 0.786 bits per heavy atom. The molecule has 0 saturated carbocycles. The van der Waals surface area contributed by atoms with Gasteiger partial charge in [0.1, 0.15) is 0 Å². The summed E-state index contributed by atoms with van der Waals surface area (Å²) in [5.74, 6) is -0.444. The molecule has 0 bridgehead atoms. The highest BCUT2D eigenvalue weighted by Crippen LogP contribution is 2.34. The first-order valence-electron chi connectivity index (χ1n) is 13.3. The van der Waals surface area contributed by atoms with Crippen molar-refractivity contribution in [3.05, 3.63) is 124 Å². The van der Waals surface area contributed by atoms with Gasteiger partial charge in [-0.2, -0.15) is 18.3 Å². The minimum Gasteiger partial charge on any atom is -0.335 e. The predicted octanol–water partition coefficient (Wildman–Crippen LogP) is 7.27. The number of alkyl halides is 3. The topological polar surface area (TPSA) is 53.7 Å². The van der Waals surface area contributed by atoms with Crippen molar-refractivity contribution in [3.63, 3.8) is 0 Å². The molecule has 2 aromatic heterocycles. The molecule has 3 heterocycles. The quantitative estimate of drug-likeness (QED) is 0.210. The Kier molecular flexibility index (Phi) is 7.66. The summed E-state index contributed by atoms with van der Waals surface area (Å²) in [7, 11) is 0. The molecule has 214 valence electrons. The Hall–Kier alpha value is -3.92. The summed E-state index contributed by atoms with van der Waals surface area (Å²) in [5, 5.41) is 4.51. The zero-order chi connectivity index (χ0) is 29.4. The Labute approximate surface area is 249 Å². The smallest absolute Gasteiger partial charge is 0.335 e. The lowest BCUT2D eigenvalue weighted by Gasteiger charge is -2.39. The lowest BCUT2D eigenvalue weighted by Crippen LogP contribution is -2.50. The van der Waals surface area contributed by atoms with Gasteiger partial charge >= 0.3 is 6.18 Å². The Morgan fingerprint density at radius 3 is 1.98 bits per heavy atom. The number of halogens is 5. The molecule has 0 unspecified atom stereocenters. The molecule has 1 aliphatic rings. The maximum Gasteiger partial charge on any atom is 0.433 e. The second-order valence-corrected chi connectivity index (χ2v) is 10.8. The van der Waals surface area contributed by atoms with E-state index in [1.54, 1.807) is 4.90 Å². The number of hydrogen-bond acceptors (Lipinski definition) is 4. The summed E-state index contributed by atoms with van der Waals surface area (Å²) in [6, 6.07) is 27.0. The first-order chi connectivity index (χ1) is 20.2. The lowest BCUT2D eigenvalue weighted by atomic mass is 9.96. The monoisotopic (exact) mass is 609 g/mol. The zero-order valence-corrected chi connectivity index (χ0v) is 23.6. The molecule has 1 fully saturated rings. The van der Waals surface area contributed by atoms with Crippen molar-refractivity contribution in [2.45, 2.75) is 12.2 Å². The van der Waals surface area contributed by atoms with E-state index in [-0.39, 0.29) is 33.1 Å². The van der Waals surface area contributed by atoms with Crippen molar-refractivity contribution >= 4 is 34.8 Å². The second-order valence-electron chi connectivity index (χ2n) is 10.0. The van der Waals surface area contributed by atoms with Crippen LogP contribution in [0.1, 0.15) is 33.4 Å². The van der Waals surface area contributed by atoms with Crippen molar-refractivity contribution in [1.29, 1.82) is 0 Å². The molecule has 11 heteroatoms. The highest BCUT2D eigenvalue weighted by atomic mass is 35.5. The van der Waals surface area contributed by atoms with Gasteiger partial charge in [-0.25, -0.2) is 9.50 Å². The summed E-state index contributed by atoms with van der Waals surface area (Å²) in [4.78, 5) is 21.8. The molecule has 0 radical (unpaired) electrons. The highest BCUT2D eigenvalue weighted by Gasteiger charge is 2.36. The largest absolute Gasteiger partial charge is 0.433 e. The number of carbonyl (C=O) groups excluding carboxylic acids is 1. The van der Waals surface area contributed by atoms with E-state index < -0.39 is 17.8 Å². The van der Waals surface area contributed by atoms with Crippen LogP contribution in [0.15, 0.2) is 91.0 Å². The number of aromatic nitrogens is 3. The maximum atomic E-state index is 14.1. The van der Waals surface area contributed by atoms with E-state index in [1.807, 2.05) is 36.4 Å². The van der Waals surface area contributed by atoms with Crippen LogP contribution in [-0.2, 0) is 6.18 Å². The van der Waals surface area contributed by atoms with Crippen LogP contribution < -0.4 is 0 Å². The van der Waals surface area contributed by atoms with Crippen LogP contribution in [0, 0.1) is 0 Å². The third-order valence-corrected chi connectivity index (χ3v) is 8.09. The third-order valence-electron chi connectivity index (χ3n) is 7.35. The van der Waals surface area contributed by atoms with E-state index in [0.29, 0.717) is 36.3 Å². The summed E-state index contributed by atoms with van der Waals surface area (Å²) in [6.07, 6.45) is -4.74. The number of amides is 1. The molecule has 6 nitrogen and oxygen atoms in total. The van der Waals surface area contributed by atoms with Gasteiger partial charge in [0, 0.05) is 37.8 Å². The Balaban J connectivity index is 1.27. The molecular weight excluding hydrogens is 586 g/mol. The van der Waals surface area contributed by atoms with Crippen molar-refractivity contribution in [2.24, 2.45) is 0 Å². The fourth-order valence-electron chi connectivity index (χ4n) is 5.31. The average molecular weight is 610 g/mol. The van der Waals surface area contributed by atoms with Crippen LogP contribution in [0.25, 0.3) is 16.9 Å².